The van der Waals surface area contributed by atoms with E-state index in [1.54, 1.807) is 10.9 Å². The van der Waals surface area contributed by atoms with Crippen molar-refractivity contribution in [2.24, 2.45) is 0 Å². The number of aliphatic hydroxyl groups excluding tert-OH is 1. The highest BCUT2D eigenvalue weighted by Gasteiger charge is 2.21. The molecule has 0 amide bonds. The minimum atomic E-state index is -0.788. The Bertz CT molecular complexity index is 502. The van der Waals surface area contributed by atoms with Crippen molar-refractivity contribution in [1.29, 1.82) is 0 Å². The van der Waals surface area contributed by atoms with Crippen molar-refractivity contribution < 1.29 is 5.11 Å². The van der Waals surface area contributed by atoms with Gasteiger partial charge in [-0.25, -0.2) is 9.67 Å². The quantitative estimate of drug-likeness (QED) is 0.872. The second kappa shape index (κ2) is 5.30. The molecule has 0 aliphatic heterocycles. The van der Waals surface area contributed by atoms with E-state index in [2.05, 4.69) is 22.1 Å². The zero-order valence-corrected chi connectivity index (χ0v) is 11.0. The summed E-state index contributed by atoms with van der Waals surface area (Å²) in [7, 11) is 0. The van der Waals surface area contributed by atoms with Gasteiger partial charge < -0.3 is 5.11 Å². The van der Waals surface area contributed by atoms with Crippen LogP contribution in [-0.4, -0.2) is 29.7 Å². The van der Waals surface area contributed by atoms with Crippen LogP contribution >= 0.6 is 0 Å². The molecule has 1 unspecified atom stereocenters. The van der Waals surface area contributed by atoms with Gasteiger partial charge in [0.2, 0.25) is 0 Å². The molecule has 0 fully saturated rings. The molecule has 0 spiro atoms. The third-order valence-corrected chi connectivity index (χ3v) is 2.80. The van der Waals surface area contributed by atoms with E-state index in [1.165, 1.54) is 6.33 Å². The first-order valence-corrected chi connectivity index (χ1v) is 6.24. The van der Waals surface area contributed by atoms with Crippen molar-refractivity contribution in [1.82, 2.24) is 24.5 Å². The Balaban J connectivity index is 2.32. The molecule has 0 bridgehead atoms. The van der Waals surface area contributed by atoms with Crippen LogP contribution in [0.25, 0.3) is 0 Å². The van der Waals surface area contributed by atoms with Crippen molar-refractivity contribution in [2.75, 3.05) is 0 Å². The van der Waals surface area contributed by atoms with Gasteiger partial charge in [0.15, 0.2) is 11.9 Å². The monoisotopic (exact) mass is 249 g/mol. The van der Waals surface area contributed by atoms with E-state index in [4.69, 9.17) is 0 Å². The maximum atomic E-state index is 10.4. The summed E-state index contributed by atoms with van der Waals surface area (Å²) in [6, 6.07) is 1.99. The van der Waals surface area contributed by atoms with Crippen LogP contribution in [0.2, 0.25) is 0 Å². The summed E-state index contributed by atoms with van der Waals surface area (Å²) >= 11 is 0. The summed E-state index contributed by atoms with van der Waals surface area (Å²) in [5.41, 5.74) is 0.756. The number of hydrogen-bond donors (Lipinski definition) is 1. The fourth-order valence-electron chi connectivity index (χ4n) is 1.96. The van der Waals surface area contributed by atoms with Crippen LogP contribution in [0.1, 0.15) is 50.9 Å². The number of aliphatic hydroxyl groups is 1. The topological polar surface area (TPSA) is 68.8 Å². The fraction of sp³-hybridized carbons (Fsp3) is 0.583. The largest absolute Gasteiger partial charge is 0.379 e. The minimum absolute atomic E-state index is 0.166. The van der Waals surface area contributed by atoms with Gasteiger partial charge in [0.25, 0.3) is 0 Å². The molecule has 0 aromatic carbocycles. The van der Waals surface area contributed by atoms with Crippen molar-refractivity contribution in [2.45, 2.75) is 45.9 Å². The maximum absolute atomic E-state index is 10.4. The van der Waals surface area contributed by atoms with Gasteiger partial charge in [-0.3, -0.25) is 4.68 Å². The second-order valence-corrected chi connectivity index (χ2v) is 4.54. The van der Waals surface area contributed by atoms with E-state index in [0.717, 1.165) is 18.7 Å². The summed E-state index contributed by atoms with van der Waals surface area (Å²) in [6.07, 6.45) is 3.35. The van der Waals surface area contributed by atoms with E-state index in [9.17, 15) is 5.11 Å². The third-order valence-electron chi connectivity index (χ3n) is 2.80. The van der Waals surface area contributed by atoms with Crippen molar-refractivity contribution >= 4 is 0 Å². The first kappa shape index (κ1) is 12.8. The molecule has 2 aromatic rings. The molecule has 2 heterocycles. The van der Waals surface area contributed by atoms with Crippen molar-refractivity contribution in [3.63, 3.8) is 0 Å². The van der Waals surface area contributed by atoms with Gasteiger partial charge in [-0.1, -0.05) is 6.92 Å². The molecule has 2 aromatic heterocycles. The molecular formula is C12H19N5O. The Morgan fingerprint density at radius 3 is 2.78 bits per heavy atom. The number of nitrogens with zero attached hydrogens (tertiary/aromatic N) is 5. The van der Waals surface area contributed by atoms with Crippen LogP contribution in [0.15, 0.2) is 18.6 Å². The number of aromatic nitrogens is 5. The van der Waals surface area contributed by atoms with Crippen LogP contribution in [0.5, 0.6) is 0 Å². The molecular weight excluding hydrogens is 230 g/mol. The molecule has 98 valence electrons. The van der Waals surface area contributed by atoms with E-state index in [0.29, 0.717) is 5.82 Å². The molecule has 0 aliphatic rings. The van der Waals surface area contributed by atoms with Crippen LogP contribution in [-0.2, 0) is 6.54 Å². The molecule has 0 saturated heterocycles. The fourth-order valence-corrected chi connectivity index (χ4v) is 1.96. The van der Waals surface area contributed by atoms with Crippen molar-refractivity contribution in [3.05, 3.63) is 30.1 Å². The SMILES string of the molecule is CCCn1nccc1C(O)c1ncnn1C(C)C. The predicted octanol–water partition coefficient (Wildman–Crippen LogP) is 1.55. The molecule has 6 heteroatoms. The lowest BCUT2D eigenvalue weighted by molar-refractivity contribution is 0.188. The Morgan fingerprint density at radius 2 is 2.11 bits per heavy atom. The van der Waals surface area contributed by atoms with Gasteiger partial charge in [0.1, 0.15) is 6.33 Å². The van der Waals surface area contributed by atoms with E-state index >= 15 is 0 Å². The predicted molar refractivity (Wildman–Crippen MR) is 67.0 cm³/mol. The van der Waals surface area contributed by atoms with Crippen LogP contribution in [0.3, 0.4) is 0 Å². The summed E-state index contributed by atoms with van der Waals surface area (Å²) in [5.74, 6) is 0.558. The number of rotatable bonds is 5. The molecule has 6 nitrogen and oxygen atoms in total. The Hall–Kier alpha value is -1.69. The smallest absolute Gasteiger partial charge is 0.162 e. The second-order valence-electron chi connectivity index (χ2n) is 4.54. The minimum Gasteiger partial charge on any atom is -0.379 e. The standard InChI is InChI=1S/C12H19N5O/c1-4-7-16-10(5-6-14-16)11(18)12-13-8-15-17(12)9(2)3/h5-6,8-9,11,18H,4,7H2,1-3H3. The highest BCUT2D eigenvalue weighted by Crippen LogP contribution is 2.21. The molecule has 1 atom stereocenters. The van der Waals surface area contributed by atoms with Crippen LogP contribution < -0.4 is 0 Å². The third kappa shape index (κ3) is 2.28. The summed E-state index contributed by atoms with van der Waals surface area (Å²) in [4.78, 5) is 4.16. The molecule has 0 aliphatic carbocycles. The van der Waals surface area contributed by atoms with Gasteiger partial charge in [0.05, 0.1) is 5.69 Å². The van der Waals surface area contributed by atoms with Crippen LogP contribution in [0, 0.1) is 0 Å². The summed E-state index contributed by atoms with van der Waals surface area (Å²) < 4.78 is 3.54. The number of hydrogen-bond acceptors (Lipinski definition) is 4. The zero-order valence-electron chi connectivity index (χ0n) is 11.0. The van der Waals surface area contributed by atoms with Crippen LogP contribution in [0.4, 0.5) is 0 Å². The normalized spacial score (nSPS) is 13.2. The Morgan fingerprint density at radius 1 is 1.33 bits per heavy atom. The van der Waals surface area contributed by atoms with Gasteiger partial charge in [-0.2, -0.15) is 10.2 Å². The van der Waals surface area contributed by atoms with Gasteiger partial charge in [-0.15, -0.1) is 0 Å². The van der Waals surface area contributed by atoms with E-state index in [-0.39, 0.29) is 6.04 Å². The highest BCUT2D eigenvalue weighted by molar-refractivity contribution is 5.13. The van der Waals surface area contributed by atoms with E-state index < -0.39 is 6.10 Å². The first-order chi connectivity index (χ1) is 8.65. The van der Waals surface area contributed by atoms with Gasteiger partial charge >= 0.3 is 0 Å². The van der Waals surface area contributed by atoms with Gasteiger partial charge in [0, 0.05) is 18.8 Å². The average molecular weight is 249 g/mol. The Labute approximate surface area is 106 Å². The molecule has 1 N–H and O–H groups in total. The lowest BCUT2D eigenvalue weighted by Crippen LogP contribution is -2.16. The molecule has 18 heavy (non-hydrogen) atoms. The zero-order chi connectivity index (χ0) is 13.1. The van der Waals surface area contributed by atoms with Gasteiger partial charge in [-0.05, 0) is 26.3 Å². The highest BCUT2D eigenvalue weighted by atomic mass is 16.3. The molecule has 0 saturated carbocycles. The maximum Gasteiger partial charge on any atom is 0.162 e. The lowest BCUT2D eigenvalue weighted by atomic mass is 10.2. The molecule has 2 rings (SSSR count). The first-order valence-electron chi connectivity index (χ1n) is 6.24. The Kier molecular flexibility index (Phi) is 3.76. The molecule has 0 radical (unpaired) electrons. The summed E-state index contributed by atoms with van der Waals surface area (Å²) in [5, 5.41) is 18.8. The lowest BCUT2D eigenvalue weighted by Gasteiger charge is -2.15. The van der Waals surface area contributed by atoms with Crippen molar-refractivity contribution in [3.8, 4) is 0 Å². The average Bonchev–Trinajstić information content (AvgIpc) is 2.96. The van der Waals surface area contributed by atoms with E-state index in [1.807, 2.05) is 24.6 Å². The number of aryl methyl sites for hydroxylation is 1. The summed E-state index contributed by atoms with van der Waals surface area (Å²) in [6.45, 7) is 6.88.